The molecule has 0 bridgehead atoms. The predicted octanol–water partition coefficient (Wildman–Crippen LogP) is 2.62. The standard InChI is InChI=1S/C10H4BrF3N2O/c11-5-3-15-9(16-10(5)17)4-1-6(12)8(14)7(13)2-4/h1-3H,(H,15,16,17). The molecule has 1 aromatic heterocycles. The first-order chi connectivity index (χ1) is 7.99. The molecule has 1 aromatic carbocycles. The molecule has 0 aliphatic rings. The van der Waals surface area contributed by atoms with E-state index in [1.807, 2.05) is 0 Å². The molecule has 7 heteroatoms. The third-order valence-electron chi connectivity index (χ3n) is 2.01. The Kier molecular flexibility index (Phi) is 3.01. The van der Waals surface area contributed by atoms with Crippen LogP contribution in [0.25, 0.3) is 11.4 Å². The number of H-pyrrole nitrogens is 1. The first-order valence-electron chi connectivity index (χ1n) is 4.39. The molecule has 0 saturated heterocycles. The lowest BCUT2D eigenvalue weighted by atomic mass is 10.2. The topological polar surface area (TPSA) is 45.8 Å². The van der Waals surface area contributed by atoms with Crippen molar-refractivity contribution in [1.29, 1.82) is 0 Å². The molecular weight excluding hydrogens is 301 g/mol. The third-order valence-corrected chi connectivity index (χ3v) is 2.58. The first-order valence-corrected chi connectivity index (χ1v) is 5.18. The minimum absolute atomic E-state index is 0.0454. The minimum Gasteiger partial charge on any atom is -0.306 e. The largest absolute Gasteiger partial charge is 0.306 e. The summed E-state index contributed by atoms with van der Waals surface area (Å²) in [6.45, 7) is 0. The van der Waals surface area contributed by atoms with Crippen LogP contribution in [0, 0.1) is 17.5 Å². The summed E-state index contributed by atoms with van der Waals surface area (Å²) < 4.78 is 38.8. The quantitative estimate of drug-likeness (QED) is 0.823. The van der Waals surface area contributed by atoms with Gasteiger partial charge in [-0.05, 0) is 28.1 Å². The molecule has 1 N–H and O–H groups in total. The van der Waals surface area contributed by atoms with E-state index in [4.69, 9.17) is 0 Å². The third kappa shape index (κ3) is 2.23. The van der Waals surface area contributed by atoms with Gasteiger partial charge in [-0.15, -0.1) is 0 Å². The normalized spacial score (nSPS) is 10.6. The Morgan fingerprint density at radius 2 is 1.76 bits per heavy atom. The number of aromatic amines is 1. The van der Waals surface area contributed by atoms with E-state index in [0.29, 0.717) is 0 Å². The van der Waals surface area contributed by atoms with Crippen LogP contribution < -0.4 is 5.56 Å². The minimum atomic E-state index is -1.56. The zero-order chi connectivity index (χ0) is 12.6. The van der Waals surface area contributed by atoms with Crippen molar-refractivity contribution in [2.75, 3.05) is 0 Å². The molecule has 0 fully saturated rings. The summed E-state index contributed by atoms with van der Waals surface area (Å²) in [4.78, 5) is 17.3. The number of nitrogens with one attached hydrogen (secondary N) is 1. The average Bonchev–Trinajstić information content (AvgIpc) is 2.29. The van der Waals surface area contributed by atoms with E-state index in [1.54, 1.807) is 0 Å². The van der Waals surface area contributed by atoms with Crippen molar-refractivity contribution in [2.24, 2.45) is 0 Å². The molecule has 0 atom stereocenters. The Morgan fingerprint density at radius 1 is 1.18 bits per heavy atom. The smallest absolute Gasteiger partial charge is 0.265 e. The molecular formula is C10H4BrF3N2O. The van der Waals surface area contributed by atoms with Crippen molar-refractivity contribution < 1.29 is 13.2 Å². The summed E-state index contributed by atoms with van der Waals surface area (Å²) in [6, 6.07) is 1.51. The van der Waals surface area contributed by atoms with Gasteiger partial charge in [0.05, 0.1) is 0 Å². The molecule has 1 heterocycles. The molecule has 2 rings (SSSR count). The molecule has 0 aliphatic carbocycles. The highest BCUT2D eigenvalue weighted by molar-refractivity contribution is 9.10. The molecule has 3 nitrogen and oxygen atoms in total. The summed E-state index contributed by atoms with van der Waals surface area (Å²) in [5.74, 6) is -4.29. The van der Waals surface area contributed by atoms with E-state index in [0.717, 1.165) is 12.1 Å². The van der Waals surface area contributed by atoms with Crippen molar-refractivity contribution in [3.63, 3.8) is 0 Å². The Bertz CT molecular complexity index is 619. The highest BCUT2D eigenvalue weighted by Crippen LogP contribution is 2.20. The number of nitrogens with zero attached hydrogens (tertiary/aromatic N) is 1. The fraction of sp³-hybridized carbons (Fsp3) is 0. The molecule has 0 saturated carbocycles. The second-order valence-electron chi connectivity index (χ2n) is 3.16. The van der Waals surface area contributed by atoms with Crippen LogP contribution in [0.15, 0.2) is 27.6 Å². The Morgan fingerprint density at radius 3 is 2.29 bits per heavy atom. The van der Waals surface area contributed by atoms with Gasteiger partial charge in [0.15, 0.2) is 17.5 Å². The van der Waals surface area contributed by atoms with Gasteiger partial charge in [0.1, 0.15) is 10.3 Å². The zero-order valence-electron chi connectivity index (χ0n) is 8.10. The maximum Gasteiger partial charge on any atom is 0.265 e. The molecule has 0 spiro atoms. The maximum absolute atomic E-state index is 13.0. The van der Waals surface area contributed by atoms with Crippen molar-refractivity contribution in [2.45, 2.75) is 0 Å². The van der Waals surface area contributed by atoms with E-state index in [9.17, 15) is 18.0 Å². The van der Waals surface area contributed by atoms with Crippen LogP contribution in [0.1, 0.15) is 0 Å². The van der Waals surface area contributed by atoms with Crippen molar-refractivity contribution in [1.82, 2.24) is 9.97 Å². The molecule has 17 heavy (non-hydrogen) atoms. The molecule has 2 aromatic rings. The summed E-state index contributed by atoms with van der Waals surface area (Å²) >= 11 is 2.93. The highest BCUT2D eigenvalue weighted by atomic mass is 79.9. The van der Waals surface area contributed by atoms with Gasteiger partial charge >= 0.3 is 0 Å². The highest BCUT2D eigenvalue weighted by Gasteiger charge is 2.13. The van der Waals surface area contributed by atoms with Crippen LogP contribution in [0.5, 0.6) is 0 Å². The molecule has 0 radical (unpaired) electrons. The molecule has 0 aliphatic heterocycles. The predicted molar refractivity (Wildman–Crippen MR) is 57.9 cm³/mol. The van der Waals surface area contributed by atoms with E-state index in [2.05, 4.69) is 25.9 Å². The van der Waals surface area contributed by atoms with Gasteiger partial charge in [0, 0.05) is 11.8 Å². The molecule has 88 valence electrons. The van der Waals surface area contributed by atoms with Crippen molar-refractivity contribution in [3.05, 3.63) is 50.6 Å². The number of halogens is 4. The van der Waals surface area contributed by atoms with Gasteiger partial charge < -0.3 is 4.98 Å². The maximum atomic E-state index is 13.0. The van der Waals surface area contributed by atoms with Gasteiger partial charge in [0.25, 0.3) is 5.56 Å². The fourth-order valence-corrected chi connectivity index (χ4v) is 1.42. The summed E-state index contributed by atoms with van der Waals surface area (Å²) in [6.07, 6.45) is 1.19. The van der Waals surface area contributed by atoms with Crippen LogP contribution in [-0.4, -0.2) is 9.97 Å². The number of hydrogen-bond donors (Lipinski definition) is 1. The number of rotatable bonds is 1. The van der Waals surface area contributed by atoms with Crippen LogP contribution >= 0.6 is 15.9 Å². The van der Waals surface area contributed by atoms with Crippen molar-refractivity contribution >= 4 is 15.9 Å². The lowest BCUT2D eigenvalue weighted by Gasteiger charge is -2.02. The Balaban J connectivity index is 2.61. The molecule has 0 amide bonds. The van der Waals surface area contributed by atoms with Crippen LogP contribution in [0.4, 0.5) is 13.2 Å². The van der Waals surface area contributed by atoms with Gasteiger partial charge in [-0.2, -0.15) is 0 Å². The lowest BCUT2D eigenvalue weighted by Crippen LogP contribution is -2.09. The lowest BCUT2D eigenvalue weighted by molar-refractivity contribution is 0.447. The van der Waals surface area contributed by atoms with Crippen LogP contribution in [0.3, 0.4) is 0 Å². The van der Waals surface area contributed by atoms with E-state index < -0.39 is 23.0 Å². The monoisotopic (exact) mass is 304 g/mol. The summed E-state index contributed by atoms with van der Waals surface area (Å²) in [7, 11) is 0. The second-order valence-corrected chi connectivity index (χ2v) is 4.02. The van der Waals surface area contributed by atoms with Crippen LogP contribution in [0.2, 0.25) is 0 Å². The van der Waals surface area contributed by atoms with Crippen LogP contribution in [-0.2, 0) is 0 Å². The summed E-state index contributed by atoms with van der Waals surface area (Å²) in [5, 5.41) is 0. The Hall–Kier alpha value is -1.63. The van der Waals surface area contributed by atoms with Gasteiger partial charge in [-0.3, -0.25) is 4.79 Å². The van der Waals surface area contributed by atoms with Gasteiger partial charge in [0.2, 0.25) is 0 Å². The van der Waals surface area contributed by atoms with Gasteiger partial charge in [-0.25, -0.2) is 18.2 Å². The Labute approximate surface area is 101 Å². The number of benzene rings is 1. The van der Waals surface area contributed by atoms with E-state index >= 15 is 0 Å². The SMILES string of the molecule is O=c1[nH]c(-c2cc(F)c(F)c(F)c2)ncc1Br. The zero-order valence-corrected chi connectivity index (χ0v) is 9.69. The van der Waals surface area contributed by atoms with Crippen molar-refractivity contribution in [3.8, 4) is 11.4 Å². The van der Waals surface area contributed by atoms with Gasteiger partial charge in [-0.1, -0.05) is 0 Å². The van der Waals surface area contributed by atoms with E-state index in [1.165, 1.54) is 6.20 Å². The first kappa shape index (κ1) is 11.8. The summed E-state index contributed by atoms with van der Waals surface area (Å²) in [5.41, 5.74) is -0.550. The van der Waals surface area contributed by atoms with E-state index in [-0.39, 0.29) is 15.9 Å². The number of hydrogen-bond acceptors (Lipinski definition) is 2. The molecule has 0 unspecified atom stereocenters. The fourth-order valence-electron chi connectivity index (χ4n) is 1.22. The number of aromatic nitrogens is 2. The second kappa shape index (κ2) is 4.33. The average molecular weight is 305 g/mol.